The van der Waals surface area contributed by atoms with E-state index < -0.39 is 0 Å². The zero-order valence-electron chi connectivity index (χ0n) is 8.99. The van der Waals surface area contributed by atoms with E-state index >= 15 is 0 Å². The summed E-state index contributed by atoms with van der Waals surface area (Å²) in [5, 5.41) is 4.55. The third-order valence-electron chi connectivity index (χ3n) is 1.54. The van der Waals surface area contributed by atoms with Crippen LogP contribution in [0.4, 0.5) is 11.9 Å². The second kappa shape index (κ2) is 5.67. The molecule has 0 bridgehead atoms. The van der Waals surface area contributed by atoms with Crippen molar-refractivity contribution in [3.63, 3.8) is 0 Å². The maximum absolute atomic E-state index is 5.75. The first kappa shape index (κ1) is 11.9. The summed E-state index contributed by atoms with van der Waals surface area (Å²) in [6.07, 6.45) is 0. The molecule has 0 amide bonds. The largest absolute Gasteiger partial charge is 0.354 e. The van der Waals surface area contributed by atoms with Gasteiger partial charge in [-0.1, -0.05) is 0 Å². The Balaban J connectivity index is 2.87. The quantitative estimate of drug-likeness (QED) is 0.772. The molecule has 0 aliphatic carbocycles. The lowest BCUT2D eigenvalue weighted by Crippen LogP contribution is -2.21. The molecule has 6 nitrogen and oxygen atoms in total. The van der Waals surface area contributed by atoms with Gasteiger partial charge in [-0.05, 0) is 25.4 Å². The number of rotatable bonds is 5. The molecular formula is C8H14ClN5O. The first-order valence-electron chi connectivity index (χ1n) is 4.69. The fraction of sp³-hybridized carbons (Fsp3) is 0.625. The summed E-state index contributed by atoms with van der Waals surface area (Å²) in [6.45, 7) is 5.09. The molecule has 0 saturated carbocycles. The maximum atomic E-state index is 5.75. The van der Waals surface area contributed by atoms with E-state index in [0.29, 0.717) is 18.5 Å². The monoisotopic (exact) mass is 231 g/mol. The Hall–Kier alpha value is -1.14. The predicted octanol–water partition coefficient (Wildman–Crippen LogP) is 1.34. The highest BCUT2D eigenvalue weighted by atomic mass is 35.5. The molecule has 0 unspecified atom stereocenters. The highest BCUT2D eigenvalue weighted by Crippen LogP contribution is 2.12. The Labute approximate surface area is 93.6 Å². The van der Waals surface area contributed by atoms with Crippen LogP contribution in [0.15, 0.2) is 0 Å². The van der Waals surface area contributed by atoms with Crippen LogP contribution in [0.3, 0.4) is 0 Å². The van der Waals surface area contributed by atoms with Crippen LogP contribution in [0.5, 0.6) is 0 Å². The molecule has 15 heavy (non-hydrogen) atoms. The zero-order valence-corrected chi connectivity index (χ0v) is 9.75. The first-order chi connectivity index (χ1) is 7.17. The summed E-state index contributed by atoms with van der Waals surface area (Å²) < 4.78 is 0. The van der Waals surface area contributed by atoms with Gasteiger partial charge in [0.15, 0.2) is 0 Å². The molecule has 1 aromatic heterocycles. The fourth-order valence-electron chi connectivity index (χ4n) is 0.969. The van der Waals surface area contributed by atoms with Gasteiger partial charge < -0.3 is 5.32 Å². The van der Waals surface area contributed by atoms with Gasteiger partial charge in [0.25, 0.3) is 5.95 Å². The van der Waals surface area contributed by atoms with Gasteiger partial charge in [-0.3, -0.25) is 4.84 Å². The third-order valence-corrected chi connectivity index (χ3v) is 1.70. The summed E-state index contributed by atoms with van der Waals surface area (Å²) in [4.78, 5) is 17.2. The molecule has 0 atom stereocenters. The van der Waals surface area contributed by atoms with Crippen molar-refractivity contribution >= 4 is 23.5 Å². The van der Waals surface area contributed by atoms with Crippen LogP contribution in [0.1, 0.15) is 13.8 Å². The minimum atomic E-state index is 0.141. The van der Waals surface area contributed by atoms with Crippen molar-refractivity contribution in [3.8, 4) is 0 Å². The number of nitrogens with one attached hydrogen (secondary N) is 1. The lowest BCUT2D eigenvalue weighted by Gasteiger charge is -2.15. The minimum absolute atomic E-state index is 0.141. The third kappa shape index (κ3) is 3.49. The van der Waals surface area contributed by atoms with Gasteiger partial charge in [-0.15, -0.1) is 0 Å². The van der Waals surface area contributed by atoms with Crippen molar-refractivity contribution in [3.05, 3.63) is 5.28 Å². The van der Waals surface area contributed by atoms with Crippen molar-refractivity contribution in [1.82, 2.24) is 15.0 Å². The number of hydrogen-bond acceptors (Lipinski definition) is 6. The van der Waals surface area contributed by atoms with E-state index in [4.69, 9.17) is 16.4 Å². The molecule has 1 aromatic rings. The lowest BCUT2D eigenvalue weighted by molar-refractivity contribution is 0.131. The van der Waals surface area contributed by atoms with Crippen LogP contribution in [-0.4, -0.2) is 35.2 Å². The summed E-state index contributed by atoms with van der Waals surface area (Å²) in [5.74, 6) is 0.826. The molecule has 1 heterocycles. The van der Waals surface area contributed by atoms with Crippen molar-refractivity contribution in [2.45, 2.75) is 13.8 Å². The van der Waals surface area contributed by atoms with Gasteiger partial charge in [0.2, 0.25) is 11.2 Å². The van der Waals surface area contributed by atoms with Crippen LogP contribution in [-0.2, 0) is 4.84 Å². The first-order valence-corrected chi connectivity index (χ1v) is 5.07. The molecule has 0 fully saturated rings. The molecule has 0 aromatic carbocycles. The molecule has 84 valence electrons. The highest BCUT2D eigenvalue weighted by molar-refractivity contribution is 6.28. The van der Waals surface area contributed by atoms with Gasteiger partial charge in [-0.2, -0.15) is 15.0 Å². The number of hydroxylamine groups is 1. The van der Waals surface area contributed by atoms with E-state index in [9.17, 15) is 0 Å². The molecule has 1 rings (SSSR count). The number of nitrogens with zero attached hydrogens (tertiary/aromatic N) is 4. The summed E-state index contributed by atoms with van der Waals surface area (Å²) in [5.41, 5.74) is 0. The minimum Gasteiger partial charge on any atom is -0.354 e. The van der Waals surface area contributed by atoms with Gasteiger partial charge in [0.05, 0.1) is 6.61 Å². The Morgan fingerprint density at radius 3 is 2.67 bits per heavy atom. The van der Waals surface area contributed by atoms with Gasteiger partial charge in [0, 0.05) is 13.6 Å². The van der Waals surface area contributed by atoms with E-state index in [0.717, 1.165) is 6.54 Å². The van der Waals surface area contributed by atoms with Crippen LogP contribution in [0, 0.1) is 0 Å². The smallest absolute Gasteiger partial charge is 0.255 e. The average molecular weight is 232 g/mol. The Bertz CT molecular complexity index is 322. The van der Waals surface area contributed by atoms with E-state index in [1.807, 2.05) is 13.8 Å². The number of hydrogen-bond donors (Lipinski definition) is 1. The van der Waals surface area contributed by atoms with Crippen molar-refractivity contribution in [2.75, 3.05) is 30.6 Å². The summed E-state index contributed by atoms with van der Waals surface area (Å²) >= 11 is 5.75. The van der Waals surface area contributed by atoms with E-state index in [1.165, 1.54) is 5.06 Å². The fourth-order valence-corrected chi connectivity index (χ4v) is 1.12. The second-order valence-corrected chi connectivity index (χ2v) is 3.01. The summed E-state index contributed by atoms with van der Waals surface area (Å²) in [7, 11) is 1.71. The topological polar surface area (TPSA) is 63.2 Å². The second-order valence-electron chi connectivity index (χ2n) is 2.67. The van der Waals surface area contributed by atoms with Gasteiger partial charge in [0.1, 0.15) is 0 Å². The number of aromatic nitrogens is 3. The molecular weight excluding hydrogens is 218 g/mol. The molecule has 0 aliphatic heterocycles. The zero-order chi connectivity index (χ0) is 11.3. The Kier molecular flexibility index (Phi) is 4.51. The van der Waals surface area contributed by atoms with Crippen molar-refractivity contribution in [2.24, 2.45) is 0 Å². The molecule has 7 heteroatoms. The van der Waals surface area contributed by atoms with Gasteiger partial charge in [-0.25, -0.2) is 5.06 Å². The van der Waals surface area contributed by atoms with Crippen LogP contribution < -0.4 is 10.4 Å². The van der Waals surface area contributed by atoms with Crippen molar-refractivity contribution < 1.29 is 4.84 Å². The number of halogens is 1. The molecule has 1 N–H and O–H groups in total. The molecule has 0 aliphatic rings. The predicted molar refractivity (Wildman–Crippen MR) is 59.0 cm³/mol. The van der Waals surface area contributed by atoms with Crippen LogP contribution in [0.25, 0.3) is 0 Å². The molecule has 0 spiro atoms. The Morgan fingerprint density at radius 1 is 1.33 bits per heavy atom. The number of anilines is 2. The SMILES string of the molecule is CCNc1nc(Cl)nc(N(C)OCC)n1. The van der Waals surface area contributed by atoms with E-state index in [1.54, 1.807) is 7.05 Å². The van der Waals surface area contributed by atoms with Crippen molar-refractivity contribution in [1.29, 1.82) is 0 Å². The maximum Gasteiger partial charge on any atom is 0.255 e. The lowest BCUT2D eigenvalue weighted by atomic mass is 10.7. The standard InChI is InChI=1S/C8H14ClN5O/c1-4-10-7-11-6(9)12-8(13-7)14(3)15-5-2/h4-5H2,1-3H3,(H,10,11,12,13). The van der Waals surface area contributed by atoms with Gasteiger partial charge >= 0.3 is 0 Å². The van der Waals surface area contributed by atoms with Crippen LogP contribution in [0.2, 0.25) is 5.28 Å². The molecule has 0 radical (unpaired) electrons. The normalized spacial score (nSPS) is 10.1. The highest BCUT2D eigenvalue weighted by Gasteiger charge is 2.08. The Morgan fingerprint density at radius 2 is 2.07 bits per heavy atom. The van der Waals surface area contributed by atoms with Crippen LogP contribution >= 0.6 is 11.6 Å². The summed E-state index contributed by atoms with van der Waals surface area (Å²) in [6, 6.07) is 0. The average Bonchev–Trinajstić information content (AvgIpc) is 2.17. The van der Waals surface area contributed by atoms with E-state index in [2.05, 4.69) is 20.3 Å². The molecule has 0 saturated heterocycles. The van der Waals surface area contributed by atoms with E-state index in [-0.39, 0.29) is 5.28 Å².